The molecule has 3 atom stereocenters. The maximum atomic E-state index is 4.58. The van der Waals surface area contributed by atoms with E-state index in [4.69, 9.17) is 0 Å². The van der Waals surface area contributed by atoms with E-state index in [-0.39, 0.29) is 0 Å². The summed E-state index contributed by atoms with van der Waals surface area (Å²) in [6, 6.07) is 0.561. The van der Waals surface area contributed by atoms with Gasteiger partial charge < -0.3 is 5.32 Å². The summed E-state index contributed by atoms with van der Waals surface area (Å²) in [5.74, 6) is 2.17. The number of aromatic nitrogens is 2. The third-order valence-electron chi connectivity index (χ3n) is 4.55. The van der Waals surface area contributed by atoms with Crippen LogP contribution in [-0.4, -0.2) is 22.6 Å². The highest BCUT2D eigenvalue weighted by Gasteiger charge is 2.32. The lowest BCUT2D eigenvalue weighted by Gasteiger charge is -2.36. The Kier molecular flexibility index (Phi) is 5.96. The highest BCUT2D eigenvalue weighted by Crippen LogP contribution is 2.41. The molecule has 0 spiro atoms. The predicted octanol–water partition coefficient (Wildman–Crippen LogP) is 3.77. The van der Waals surface area contributed by atoms with Crippen LogP contribution in [0, 0.1) is 11.8 Å². The highest BCUT2D eigenvalue weighted by atomic mass is 14.9. The van der Waals surface area contributed by atoms with E-state index in [9.17, 15) is 0 Å². The van der Waals surface area contributed by atoms with E-state index in [2.05, 4.69) is 36.1 Å². The van der Waals surface area contributed by atoms with E-state index in [1.807, 2.05) is 12.4 Å². The van der Waals surface area contributed by atoms with Gasteiger partial charge in [-0.1, -0.05) is 40.0 Å². The Labute approximate surface area is 123 Å². The standard InChI is InChI=1S/C17H29N3/c1-4-5-14-6-7-15(11-20-13(2)3)16(10-14)17-12-18-8-9-19-17/h8-9,12-16,20H,4-7,10-11H2,1-3H3. The Morgan fingerprint density at radius 1 is 1.30 bits per heavy atom. The fourth-order valence-corrected chi connectivity index (χ4v) is 3.49. The predicted molar refractivity (Wildman–Crippen MR) is 83.7 cm³/mol. The average Bonchev–Trinajstić information content (AvgIpc) is 2.47. The van der Waals surface area contributed by atoms with Crippen molar-refractivity contribution in [2.45, 2.75) is 64.8 Å². The van der Waals surface area contributed by atoms with Gasteiger partial charge in [0.1, 0.15) is 0 Å². The molecule has 2 rings (SSSR count). The molecule has 1 N–H and O–H groups in total. The normalized spacial score (nSPS) is 26.9. The molecule has 1 aromatic heterocycles. The highest BCUT2D eigenvalue weighted by molar-refractivity contribution is 5.08. The van der Waals surface area contributed by atoms with Gasteiger partial charge in [-0.2, -0.15) is 0 Å². The first-order chi connectivity index (χ1) is 9.70. The molecule has 0 saturated heterocycles. The summed E-state index contributed by atoms with van der Waals surface area (Å²) >= 11 is 0. The van der Waals surface area contributed by atoms with Gasteiger partial charge >= 0.3 is 0 Å². The van der Waals surface area contributed by atoms with Crippen LogP contribution in [-0.2, 0) is 0 Å². The van der Waals surface area contributed by atoms with Crippen molar-refractivity contribution in [2.24, 2.45) is 11.8 Å². The molecule has 3 unspecified atom stereocenters. The monoisotopic (exact) mass is 275 g/mol. The summed E-state index contributed by atoms with van der Waals surface area (Å²) in [5, 5.41) is 3.61. The minimum Gasteiger partial charge on any atom is -0.314 e. The first-order valence-electron chi connectivity index (χ1n) is 8.20. The van der Waals surface area contributed by atoms with Crippen LogP contribution in [0.5, 0.6) is 0 Å². The lowest BCUT2D eigenvalue weighted by molar-refractivity contribution is 0.214. The van der Waals surface area contributed by atoms with Gasteiger partial charge in [0.15, 0.2) is 0 Å². The van der Waals surface area contributed by atoms with Crippen molar-refractivity contribution < 1.29 is 0 Å². The minimum atomic E-state index is 0.561. The lowest BCUT2D eigenvalue weighted by Crippen LogP contribution is -2.35. The molecule has 0 bridgehead atoms. The van der Waals surface area contributed by atoms with Gasteiger partial charge in [-0.05, 0) is 31.2 Å². The van der Waals surface area contributed by atoms with Crippen molar-refractivity contribution in [3.8, 4) is 0 Å². The van der Waals surface area contributed by atoms with Gasteiger partial charge in [0.2, 0.25) is 0 Å². The molecule has 3 nitrogen and oxygen atoms in total. The van der Waals surface area contributed by atoms with E-state index in [1.165, 1.54) is 37.8 Å². The second-order valence-corrected chi connectivity index (χ2v) is 6.53. The molecule has 3 heteroatoms. The molecular formula is C17H29N3. The van der Waals surface area contributed by atoms with Crippen LogP contribution >= 0.6 is 0 Å². The molecule has 1 aromatic rings. The van der Waals surface area contributed by atoms with Crippen molar-refractivity contribution in [1.29, 1.82) is 0 Å². The molecule has 0 aromatic carbocycles. The second kappa shape index (κ2) is 7.72. The van der Waals surface area contributed by atoms with Crippen molar-refractivity contribution in [2.75, 3.05) is 6.54 Å². The zero-order valence-electron chi connectivity index (χ0n) is 13.2. The smallest absolute Gasteiger partial charge is 0.0620 e. The van der Waals surface area contributed by atoms with Gasteiger partial charge in [0.05, 0.1) is 5.69 Å². The fraction of sp³-hybridized carbons (Fsp3) is 0.765. The van der Waals surface area contributed by atoms with Gasteiger partial charge in [0.25, 0.3) is 0 Å². The van der Waals surface area contributed by atoms with Gasteiger partial charge in [0, 0.05) is 30.6 Å². The molecule has 0 radical (unpaired) electrons. The maximum Gasteiger partial charge on any atom is 0.0620 e. The van der Waals surface area contributed by atoms with Crippen LogP contribution in [0.4, 0.5) is 0 Å². The first kappa shape index (κ1) is 15.4. The number of hydrogen-bond donors (Lipinski definition) is 1. The van der Waals surface area contributed by atoms with E-state index in [0.717, 1.165) is 12.5 Å². The molecule has 112 valence electrons. The van der Waals surface area contributed by atoms with Crippen LogP contribution in [0.25, 0.3) is 0 Å². The first-order valence-corrected chi connectivity index (χ1v) is 8.20. The quantitative estimate of drug-likeness (QED) is 0.858. The zero-order chi connectivity index (χ0) is 14.4. The Morgan fingerprint density at radius 2 is 2.15 bits per heavy atom. The Morgan fingerprint density at radius 3 is 2.80 bits per heavy atom. The fourth-order valence-electron chi connectivity index (χ4n) is 3.49. The molecule has 0 aliphatic heterocycles. The molecule has 20 heavy (non-hydrogen) atoms. The summed E-state index contributed by atoms with van der Waals surface area (Å²) in [4.78, 5) is 8.86. The third-order valence-corrected chi connectivity index (χ3v) is 4.55. The Hall–Kier alpha value is -0.960. The molecule has 1 heterocycles. The Bertz CT molecular complexity index is 377. The van der Waals surface area contributed by atoms with E-state index in [0.29, 0.717) is 17.9 Å². The van der Waals surface area contributed by atoms with E-state index < -0.39 is 0 Å². The van der Waals surface area contributed by atoms with Crippen molar-refractivity contribution in [1.82, 2.24) is 15.3 Å². The summed E-state index contributed by atoms with van der Waals surface area (Å²) in [5.41, 5.74) is 1.20. The van der Waals surface area contributed by atoms with Crippen molar-refractivity contribution >= 4 is 0 Å². The topological polar surface area (TPSA) is 37.8 Å². The molecule has 1 saturated carbocycles. The average molecular weight is 275 g/mol. The molecule has 1 aliphatic carbocycles. The largest absolute Gasteiger partial charge is 0.314 e. The zero-order valence-corrected chi connectivity index (χ0v) is 13.2. The van der Waals surface area contributed by atoms with E-state index >= 15 is 0 Å². The molecular weight excluding hydrogens is 246 g/mol. The molecule has 1 fully saturated rings. The number of nitrogens with one attached hydrogen (secondary N) is 1. The van der Waals surface area contributed by atoms with Crippen molar-refractivity contribution in [3.05, 3.63) is 24.3 Å². The Balaban J connectivity index is 2.06. The summed E-state index contributed by atoms with van der Waals surface area (Å²) in [6.07, 6.45) is 12.2. The van der Waals surface area contributed by atoms with Crippen LogP contribution in [0.15, 0.2) is 18.6 Å². The lowest BCUT2D eigenvalue weighted by atomic mass is 9.71. The minimum absolute atomic E-state index is 0.561. The van der Waals surface area contributed by atoms with Gasteiger partial charge in [-0.15, -0.1) is 0 Å². The van der Waals surface area contributed by atoms with E-state index in [1.54, 1.807) is 6.20 Å². The maximum absolute atomic E-state index is 4.58. The number of hydrogen-bond acceptors (Lipinski definition) is 3. The van der Waals surface area contributed by atoms with Crippen molar-refractivity contribution in [3.63, 3.8) is 0 Å². The summed E-state index contributed by atoms with van der Waals surface area (Å²) in [7, 11) is 0. The SMILES string of the molecule is CCCC1CCC(CNC(C)C)C(c2cnccn2)C1. The molecule has 0 amide bonds. The summed E-state index contributed by atoms with van der Waals surface area (Å²) in [6.45, 7) is 7.85. The number of nitrogens with zero attached hydrogens (tertiary/aromatic N) is 2. The van der Waals surface area contributed by atoms with Crippen LogP contribution in [0.2, 0.25) is 0 Å². The van der Waals surface area contributed by atoms with Crippen LogP contribution in [0.1, 0.15) is 64.5 Å². The van der Waals surface area contributed by atoms with Crippen LogP contribution in [0.3, 0.4) is 0 Å². The third kappa shape index (κ3) is 4.27. The second-order valence-electron chi connectivity index (χ2n) is 6.53. The van der Waals surface area contributed by atoms with Gasteiger partial charge in [-0.25, -0.2) is 0 Å². The number of rotatable bonds is 6. The summed E-state index contributed by atoms with van der Waals surface area (Å²) < 4.78 is 0. The van der Waals surface area contributed by atoms with Gasteiger partial charge in [-0.3, -0.25) is 9.97 Å². The van der Waals surface area contributed by atoms with Crippen LogP contribution < -0.4 is 5.32 Å². The molecule has 1 aliphatic rings.